The first kappa shape index (κ1) is 34.9. The number of hydrogen-bond acceptors (Lipinski definition) is 6. The van der Waals surface area contributed by atoms with Gasteiger partial charge in [-0.05, 0) is 73.7 Å². The Bertz CT molecular complexity index is 1550. The minimum atomic E-state index is -4.50. The maximum absolute atomic E-state index is 13.5. The maximum atomic E-state index is 13.5. The van der Waals surface area contributed by atoms with Crippen LogP contribution in [-0.2, 0) is 17.4 Å². The van der Waals surface area contributed by atoms with E-state index in [1.165, 1.54) is 24.1 Å². The van der Waals surface area contributed by atoms with Gasteiger partial charge in [-0.25, -0.2) is 9.59 Å². The van der Waals surface area contributed by atoms with E-state index in [0.717, 1.165) is 12.1 Å². The van der Waals surface area contributed by atoms with Crippen molar-refractivity contribution in [2.45, 2.75) is 38.6 Å². The molecule has 4 rings (SSSR count). The number of rotatable bonds is 8. The van der Waals surface area contributed by atoms with Crippen LogP contribution < -0.4 is 25.4 Å². The van der Waals surface area contributed by atoms with Crippen LogP contribution in [0.25, 0.3) is 0 Å². The molecule has 0 bridgehead atoms. The van der Waals surface area contributed by atoms with E-state index in [4.69, 9.17) is 9.47 Å². The zero-order chi connectivity index (χ0) is 34.3. The smallest absolute Gasteiger partial charge is 0.416 e. The van der Waals surface area contributed by atoms with Crippen LogP contribution in [-0.4, -0.2) is 78.9 Å². The standard InChI is InChI=1S/C33H38F3N5O6/c1-20-17-41(21(2)19-42)30(43)16-22-15-26(38-31(44)37-24-9-12-27(46-4)13-10-24)11-14-28(22)47-29(20)18-40(3)32(45)39-25-7-5-23(6-8-25)33(34,35)36/h5-15,20-21,29,42H,16-19H2,1-4H3,(H,39,45)(H2,37,38,44)/t20-,21+,29+/m1/s1. The van der Waals surface area contributed by atoms with Crippen molar-refractivity contribution >= 4 is 35.0 Å². The van der Waals surface area contributed by atoms with E-state index in [0.29, 0.717) is 28.4 Å². The lowest BCUT2D eigenvalue weighted by atomic mass is 10.0. The highest BCUT2D eigenvalue weighted by Gasteiger charge is 2.32. The normalized spacial score (nSPS) is 17.2. The van der Waals surface area contributed by atoms with Crippen LogP contribution in [0.2, 0.25) is 0 Å². The average Bonchev–Trinajstić information content (AvgIpc) is 3.08. The van der Waals surface area contributed by atoms with Crippen LogP contribution in [0.5, 0.6) is 11.5 Å². The van der Waals surface area contributed by atoms with E-state index in [1.807, 2.05) is 6.92 Å². The molecule has 3 aromatic carbocycles. The van der Waals surface area contributed by atoms with Gasteiger partial charge in [0.25, 0.3) is 0 Å². The van der Waals surface area contributed by atoms with Crippen LogP contribution >= 0.6 is 0 Å². The van der Waals surface area contributed by atoms with Crippen LogP contribution in [0.4, 0.5) is 39.8 Å². The van der Waals surface area contributed by atoms with Crippen molar-refractivity contribution in [2.75, 3.05) is 49.8 Å². The Morgan fingerprint density at radius 2 is 1.62 bits per heavy atom. The molecule has 0 saturated heterocycles. The second-order valence-corrected chi connectivity index (χ2v) is 11.4. The minimum Gasteiger partial charge on any atom is -0.497 e. The summed E-state index contributed by atoms with van der Waals surface area (Å²) in [6, 6.07) is 14.2. The van der Waals surface area contributed by atoms with Crippen LogP contribution in [0.15, 0.2) is 66.7 Å². The largest absolute Gasteiger partial charge is 0.497 e. The number of carbonyl (C=O) groups excluding carboxylic acids is 3. The highest BCUT2D eigenvalue weighted by molar-refractivity contribution is 6.00. The van der Waals surface area contributed by atoms with Crippen molar-refractivity contribution in [3.05, 3.63) is 77.9 Å². The number of carbonyl (C=O) groups is 3. The first-order valence-corrected chi connectivity index (χ1v) is 14.9. The zero-order valence-electron chi connectivity index (χ0n) is 26.4. The van der Waals surface area contributed by atoms with Gasteiger partial charge in [0.1, 0.15) is 17.6 Å². The summed E-state index contributed by atoms with van der Waals surface area (Å²) >= 11 is 0. The molecule has 3 aromatic rings. The Balaban J connectivity index is 1.52. The van der Waals surface area contributed by atoms with E-state index < -0.39 is 35.9 Å². The number of alkyl halides is 3. The van der Waals surface area contributed by atoms with E-state index in [9.17, 15) is 32.7 Å². The van der Waals surface area contributed by atoms with Crippen molar-refractivity contribution in [1.82, 2.24) is 9.80 Å². The third kappa shape index (κ3) is 9.28. The van der Waals surface area contributed by atoms with Gasteiger partial charge in [0.15, 0.2) is 0 Å². The number of nitrogens with zero attached hydrogens (tertiary/aromatic N) is 2. The molecule has 5 amide bonds. The lowest BCUT2D eigenvalue weighted by Crippen LogP contribution is -2.48. The Morgan fingerprint density at radius 3 is 2.23 bits per heavy atom. The Hall–Kier alpha value is -4.98. The Labute approximate surface area is 270 Å². The summed E-state index contributed by atoms with van der Waals surface area (Å²) in [4.78, 5) is 42.1. The number of fused-ring (bicyclic) bond motifs is 1. The minimum absolute atomic E-state index is 0.0624. The monoisotopic (exact) mass is 657 g/mol. The number of anilines is 3. The lowest BCUT2D eigenvalue weighted by Gasteiger charge is -2.34. The summed E-state index contributed by atoms with van der Waals surface area (Å²) in [6.45, 7) is 3.61. The molecule has 0 saturated carbocycles. The van der Waals surface area contributed by atoms with Gasteiger partial charge in [0, 0.05) is 42.1 Å². The van der Waals surface area contributed by atoms with Gasteiger partial charge in [0.2, 0.25) is 5.91 Å². The molecule has 11 nitrogen and oxygen atoms in total. The predicted octanol–water partition coefficient (Wildman–Crippen LogP) is 5.67. The molecular weight excluding hydrogens is 619 g/mol. The van der Waals surface area contributed by atoms with E-state index in [1.54, 1.807) is 61.4 Å². The van der Waals surface area contributed by atoms with Gasteiger partial charge in [0.05, 0.1) is 38.3 Å². The molecule has 0 fully saturated rings. The Morgan fingerprint density at radius 1 is 1.02 bits per heavy atom. The second-order valence-electron chi connectivity index (χ2n) is 11.4. The Kier molecular flexibility index (Phi) is 11.2. The van der Waals surface area contributed by atoms with Crippen LogP contribution in [0.1, 0.15) is 25.0 Å². The fraction of sp³-hybridized carbons (Fsp3) is 0.364. The van der Waals surface area contributed by atoms with Gasteiger partial charge in [-0.15, -0.1) is 0 Å². The first-order chi connectivity index (χ1) is 22.3. The molecule has 4 N–H and O–H groups in total. The quantitative estimate of drug-likeness (QED) is 0.247. The third-order valence-electron chi connectivity index (χ3n) is 7.79. The topological polar surface area (TPSA) is 132 Å². The van der Waals surface area contributed by atoms with Gasteiger partial charge in [-0.3, -0.25) is 4.79 Å². The van der Waals surface area contributed by atoms with Gasteiger partial charge >= 0.3 is 18.2 Å². The number of nitrogens with one attached hydrogen (secondary N) is 3. The summed E-state index contributed by atoms with van der Waals surface area (Å²) in [5, 5.41) is 18.0. The molecule has 0 aliphatic carbocycles. The molecule has 14 heteroatoms. The highest BCUT2D eigenvalue weighted by Crippen LogP contribution is 2.31. The van der Waals surface area contributed by atoms with Crippen molar-refractivity contribution in [3.63, 3.8) is 0 Å². The molecule has 0 aromatic heterocycles. The van der Waals surface area contributed by atoms with E-state index in [2.05, 4.69) is 16.0 Å². The molecule has 0 radical (unpaired) electrons. The van der Waals surface area contributed by atoms with Crippen molar-refractivity contribution in [2.24, 2.45) is 5.92 Å². The number of likely N-dealkylation sites (N-methyl/N-ethyl adjacent to an activating group) is 1. The van der Waals surface area contributed by atoms with Gasteiger partial charge in [-0.2, -0.15) is 13.2 Å². The summed E-state index contributed by atoms with van der Waals surface area (Å²) in [5.41, 5.74) is 0.797. The van der Waals surface area contributed by atoms with Gasteiger partial charge in [-0.1, -0.05) is 6.92 Å². The third-order valence-corrected chi connectivity index (χ3v) is 7.79. The number of hydrogen-bond donors (Lipinski definition) is 4. The maximum Gasteiger partial charge on any atom is 0.416 e. The molecule has 0 unspecified atom stereocenters. The first-order valence-electron chi connectivity index (χ1n) is 14.9. The molecule has 0 spiro atoms. The zero-order valence-corrected chi connectivity index (χ0v) is 26.4. The average molecular weight is 658 g/mol. The van der Waals surface area contributed by atoms with Crippen molar-refractivity contribution in [3.8, 4) is 11.5 Å². The number of methoxy groups -OCH3 is 1. The lowest BCUT2D eigenvalue weighted by molar-refractivity contribution is -0.137. The number of ether oxygens (including phenoxy) is 2. The predicted molar refractivity (Wildman–Crippen MR) is 171 cm³/mol. The van der Waals surface area contributed by atoms with Crippen LogP contribution in [0, 0.1) is 5.92 Å². The number of benzene rings is 3. The molecule has 3 atom stereocenters. The number of urea groups is 2. The molecule has 1 aliphatic heterocycles. The van der Waals surface area contributed by atoms with E-state index >= 15 is 0 Å². The number of halogens is 3. The molecule has 252 valence electrons. The fourth-order valence-corrected chi connectivity index (χ4v) is 5.01. The van der Waals surface area contributed by atoms with Crippen molar-refractivity contribution in [1.29, 1.82) is 0 Å². The summed E-state index contributed by atoms with van der Waals surface area (Å²) in [7, 11) is 3.07. The van der Waals surface area contributed by atoms with Crippen LogP contribution in [0.3, 0.4) is 0 Å². The fourth-order valence-electron chi connectivity index (χ4n) is 5.01. The van der Waals surface area contributed by atoms with Crippen molar-refractivity contribution < 1.29 is 42.1 Å². The molecular formula is C33H38F3N5O6. The number of amides is 5. The van der Waals surface area contributed by atoms with Gasteiger partial charge < -0.3 is 40.3 Å². The number of aliphatic hydroxyl groups is 1. The molecule has 1 heterocycles. The summed E-state index contributed by atoms with van der Waals surface area (Å²) in [6.07, 6.45) is -5.20. The number of aliphatic hydroxyl groups excluding tert-OH is 1. The summed E-state index contributed by atoms with van der Waals surface area (Å²) < 4.78 is 50.4. The SMILES string of the molecule is COc1ccc(NC(=O)Nc2ccc3c(c2)CC(=O)N([C@@H](C)CO)C[C@@H](C)[C@H](CN(C)C(=O)Nc2ccc(C(F)(F)F)cc2)O3)cc1. The molecule has 1 aliphatic rings. The second kappa shape index (κ2) is 15.1. The summed E-state index contributed by atoms with van der Waals surface area (Å²) in [5.74, 6) is 0.457. The highest BCUT2D eigenvalue weighted by atomic mass is 19.4. The molecule has 47 heavy (non-hydrogen) atoms. The van der Waals surface area contributed by atoms with E-state index in [-0.39, 0.29) is 43.6 Å².